The predicted molar refractivity (Wildman–Crippen MR) is 95.7 cm³/mol. The molecule has 1 amide bonds. The molecule has 1 fully saturated rings. The average molecular weight is 342 g/mol. The summed E-state index contributed by atoms with van der Waals surface area (Å²) in [5.74, 6) is 0.745. The van der Waals surface area contributed by atoms with Crippen LogP contribution in [0.25, 0.3) is 5.69 Å². The molecule has 0 saturated carbocycles. The van der Waals surface area contributed by atoms with E-state index in [0.717, 1.165) is 30.7 Å². The Hall–Kier alpha value is -2.21. The van der Waals surface area contributed by atoms with Gasteiger partial charge in [-0.3, -0.25) is 9.36 Å². The molecule has 0 spiro atoms. The zero-order valence-corrected chi connectivity index (χ0v) is 15.1. The van der Waals surface area contributed by atoms with Crippen molar-refractivity contribution >= 4 is 5.91 Å². The van der Waals surface area contributed by atoms with Crippen LogP contribution in [0, 0.1) is 18.8 Å². The van der Waals surface area contributed by atoms with Crippen LogP contribution in [0.2, 0.25) is 0 Å². The van der Waals surface area contributed by atoms with Crippen molar-refractivity contribution in [2.45, 2.75) is 39.7 Å². The highest BCUT2D eigenvalue weighted by Gasteiger charge is 2.29. The lowest BCUT2D eigenvalue weighted by molar-refractivity contribution is -0.0510. The van der Waals surface area contributed by atoms with Crippen molar-refractivity contribution in [2.75, 3.05) is 13.2 Å². The quantitative estimate of drug-likeness (QED) is 0.907. The first-order valence-corrected chi connectivity index (χ1v) is 8.91. The van der Waals surface area contributed by atoms with Gasteiger partial charge >= 0.3 is 0 Å². The second-order valence-electron chi connectivity index (χ2n) is 7.08. The Balaban J connectivity index is 1.74. The fraction of sp³-hybridized carbons (Fsp3) is 0.526. The number of aromatic nitrogens is 3. The third-order valence-electron chi connectivity index (χ3n) is 4.77. The fourth-order valence-electron chi connectivity index (χ4n) is 3.52. The molecule has 6 nitrogen and oxygen atoms in total. The molecule has 0 unspecified atom stereocenters. The van der Waals surface area contributed by atoms with Crippen molar-refractivity contribution < 1.29 is 9.53 Å². The summed E-state index contributed by atoms with van der Waals surface area (Å²) in [7, 11) is 0. The zero-order valence-electron chi connectivity index (χ0n) is 15.1. The van der Waals surface area contributed by atoms with E-state index in [1.54, 1.807) is 17.2 Å². The standard InChI is InChI=1S/C19H26N4O2/c1-13(2)18-15(5-4-8-25-18)10-20-19(24)16-9-14(3)6-7-17(16)23-11-21-22-12-23/h6-7,9,11-13,15,18H,4-5,8,10H2,1-3H3,(H,20,24)/t15-,18-/m1/s1. The van der Waals surface area contributed by atoms with E-state index < -0.39 is 0 Å². The Morgan fingerprint density at radius 2 is 2.12 bits per heavy atom. The van der Waals surface area contributed by atoms with Gasteiger partial charge in [0.05, 0.1) is 17.4 Å². The van der Waals surface area contributed by atoms with E-state index >= 15 is 0 Å². The normalized spacial score (nSPS) is 20.6. The number of nitrogens with one attached hydrogen (secondary N) is 1. The first kappa shape index (κ1) is 17.6. The summed E-state index contributed by atoms with van der Waals surface area (Å²) in [5, 5.41) is 10.8. The Morgan fingerprint density at radius 3 is 2.84 bits per heavy atom. The maximum absolute atomic E-state index is 12.8. The van der Waals surface area contributed by atoms with Crippen LogP contribution in [0.1, 0.15) is 42.6 Å². The molecule has 0 bridgehead atoms. The summed E-state index contributed by atoms with van der Waals surface area (Å²) in [6.07, 6.45) is 5.56. The molecule has 2 aromatic rings. The van der Waals surface area contributed by atoms with E-state index in [2.05, 4.69) is 29.4 Å². The van der Waals surface area contributed by atoms with Crippen LogP contribution in [0.15, 0.2) is 30.9 Å². The largest absolute Gasteiger partial charge is 0.378 e. The highest BCUT2D eigenvalue weighted by atomic mass is 16.5. The number of carbonyl (C=O) groups excluding carboxylic acids is 1. The highest BCUT2D eigenvalue weighted by Crippen LogP contribution is 2.26. The lowest BCUT2D eigenvalue weighted by Gasteiger charge is -2.34. The molecule has 6 heteroatoms. The van der Waals surface area contributed by atoms with Gasteiger partial charge in [-0.15, -0.1) is 10.2 Å². The molecule has 3 rings (SSSR count). The summed E-state index contributed by atoms with van der Waals surface area (Å²) in [5.41, 5.74) is 2.47. The monoisotopic (exact) mass is 342 g/mol. The Morgan fingerprint density at radius 1 is 1.36 bits per heavy atom. The predicted octanol–water partition coefficient (Wildman–Crippen LogP) is 2.76. The van der Waals surface area contributed by atoms with Gasteiger partial charge in [-0.1, -0.05) is 25.5 Å². The van der Waals surface area contributed by atoms with Crippen molar-refractivity contribution in [1.82, 2.24) is 20.1 Å². The number of carbonyl (C=O) groups is 1. The number of hydrogen-bond donors (Lipinski definition) is 1. The molecule has 1 aliphatic heterocycles. The summed E-state index contributed by atoms with van der Waals surface area (Å²) >= 11 is 0. The minimum absolute atomic E-state index is 0.0690. The van der Waals surface area contributed by atoms with Crippen LogP contribution in [-0.4, -0.2) is 39.9 Å². The van der Waals surface area contributed by atoms with Gasteiger partial charge in [-0.05, 0) is 37.8 Å². The molecule has 0 radical (unpaired) electrons. The van der Waals surface area contributed by atoms with Gasteiger partial charge in [0.1, 0.15) is 12.7 Å². The van der Waals surface area contributed by atoms with Crippen LogP contribution in [0.4, 0.5) is 0 Å². The van der Waals surface area contributed by atoms with Crippen molar-refractivity contribution in [1.29, 1.82) is 0 Å². The van der Waals surface area contributed by atoms with Crippen LogP contribution in [0.5, 0.6) is 0 Å². The molecule has 0 aliphatic carbocycles. The van der Waals surface area contributed by atoms with Crippen molar-refractivity contribution in [3.63, 3.8) is 0 Å². The Labute approximate surface area is 148 Å². The van der Waals surface area contributed by atoms with E-state index in [9.17, 15) is 4.79 Å². The van der Waals surface area contributed by atoms with Crippen LogP contribution in [0.3, 0.4) is 0 Å². The van der Waals surface area contributed by atoms with E-state index in [1.807, 2.05) is 25.1 Å². The molecular formula is C19H26N4O2. The highest BCUT2D eigenvalue weighted by molar-refractivity contribution is 5.98. The smallest absolute Gasteiger partial charge is 0.253 e. The molecule has 1 aromatic carbocycles. The zero-order chi connectivity index (χ0) is 17.8. The first-order chi connectivity index (χ1) is 12.1. The minimum Gasteiger partial charge on any atom is -0.378 e. The fourth-order valence-corrected chi connectivity index (χ4v) is 3.52. The van der Waals surface area contributed by atoms with Gasteiger partial charge in [0.15, 0.2) is 0 Å². The number of nitrogens with zero attached hydrogens (tertiary/aromatic N) is 3. The summed E-state index contributed by atoms with van der Waals surface area (Å²) < 4.78 is 7.68. The summed E-state index contributed by atoms with van der Waals surface area (Å²) in [6, 6.07) is 5.81. The van der Waals surface area contributed by atoms with Crippen LogP contribution in [-0.2, 0) is 4.74 Å². The maximum atomic E-state index is 12.8. The molecule has 2 heterocycles. The van der Waals surface area contributed by atoms with Gasteiger partial charge in [0.2, 0.25) is 0 Å². The lowest BCUT2D eigenvalue weighted by atomic mass is 9.87. The number of rotatable bonds is 5. The molecular weight excluding hydrogens is 316 g/mol. The summed E-state index contributed by atoms with van der Waals surface area (Å²) in [6.45, 7) is 7.79. The molecule has 25 heavy (non-hydrogen) atoms. The SMILES string of the molecule is Cc1ccc(-n2cnnc2)c(C(=O)NC[C@H]2CCCO[C@@H]2C(C)C)c1. The topological polar surface area (TPSA) is 69.0 Å². The number of hydrogen-bond acceptors (Lipinski definition) is 4. The average Bonchev–Trinajstić information content (AvgIpc) is 3.14. The van der Waals surface area contributed by atoms with Crippen molar-refractivity contribution in [3.8, 4) is 5.69 Å². The molecule has 1 saturated heterocycles. The minimum atomic E-state index is -0.0690. The molecule has 134 valence electrons. The van der Waals surface area contributed by atoms with Gasteiger partial charge in [-0.25, -0.2) is 0 Å². The van der Waals surface area contributed by atoms with Gasteiger partial charge in [-0.2, -0.15) is 0 Å². The first-order valence-electron chi connectivity index (χ1n) is 8.91. The van der Waals surface area contributed by atoms with Gasteiger partial charge in [0.25, 0.3) is 5.91 Å². The molecule has 2 atom stereocenters. The molecule has 1 N–H and O–H groups in total. The number of benzene rings is 1. The van der Waals surface area contributed by atoms with Gasteiger partial charge in [0, 0.05) is 19.1 Å². The lowest BCUT2D eigenvalue weighted by Crippen LogP contribution is -2.41. The number of ether oxygens (including phenoxy) is 1. The van der Waals surface area contributed by atoms with Crippen LogP contribution < -0.4 is 5.32 Å². The third kappa shape index (κ3) is 4.07. The number of amides is 1. The van der Waals surface area contributed by atoms with Gasteiger partial charge < -0.3 is 10.1 Å². The third-order valence-corrected chi connectivity index (χ3v) is 4.77. The van der Waals surface area contributed by atoms with E-state index in [-0.39, 0.29) is 12.0 Å². The maximum Gasteiger partial charge on any atom is 0.253 e. The Bertz CT molecular complexity index is 712. The van der Waals surface area contributed by atoms with E-state index in [1.165, 1.54) is 0 Å². The molecule has 1 aliphatic rings. The Kier molecular flexibility index (Phi) is 5.48. The van der Waals surface area contributed by atoms with E-state index in [4.69, 9.17) is 4.74 Å². The number of aryl methyl sites for hydroxylation is 1. The second kappa shape index (κ2) is 7.78. The van der Waals surface area contributed by atoms with Crippen LogP contribution >= 0.6 is 0 Å². The second-order valence-corrected chi connectivity index (χ2v) is 7.08. The van der Waals surface area contributed by atoms with Crippen molar-refractivity contribution in [3.05, 3.63) is 42.0 Å². The molecule has 1 aromatic heterocycles. The van der Waals surface area contributed by atoms with Crippen molar-refractivity contribution in [2.24, 2.45) is 11.8 Å². The summed E-state index contributed by atoms with van der Waals surface area (Å²) in [4.78, 5) is 12.8. The van der Waals surface area contributed by atoms with E-state index in [0.29, 0.717) is 23.9 Å².